The van der Waals surface area contributed by atoms with Crippen LogP contribution in [-0.2, 0) is 0 Å². The fourth-order valence-electron chi connectivity index (χ4n) is 2.50. The Morgan fingerprint density at radius 3 is 2.94 bits per heavy atom. The van der Waals surface area contributed by atoms with Gasteiger partial charge in [0.05, 0.1) is 5.56 Å². The minimum absolute atomic E-state index is 0.420. The maximum Gasteiger partial charge on any atom is 0.138 e. The molecule has 2 N–H and O–H groups in total. The quantitative estimate of drug-likeness (QED) is 0.832. The topological polar surface area (TPSA) is 45.4 Å². The Balaban J connectivity index is 2.20. The number of nitrogens with two attached hydrogens (primary N) is 1. The van der Waals surface area contributed by atoms with Gasteiger partial charge in [0, 0.05) is 31.9 Å². The van der Waals surface area contributed by atoms with Crippen molar-refractivity contribution >= 4 is 23.0 Å². The summed E-state index contributed by atoms with van der Waals surface area (Å²) in [6.07, 6.45) is 1.80. The van der Waals surface area contributed by atoms with E-state index in [1.165, 1.54) is 0 Å². The Labute approximate surface area is 114 Å². The molecule has 1 aliphatic rings. The van der Waals surface area contributed by atoms with Crippen molar-refractivity contribution in [2.24, 2.45) is 5.73 Å². The molecule has 98 valence electrons. The number of likely N-dealkylation sites (N-methyl/N-ethyl adjacent to an activating group) is 1. The lowest BCUT2D eigenvalue weighted by molar-refractivity contribution is 0.199. The highest BCUT2D eigenvalue weighted by Crippen LogP contribution is 2.20. The summed E-state index contributed by atoms with van der Waals surface area (Å²) in [6.45, 7) is 8.56. The summed E-state index contributed by atoms with van der Waals surface area (Å²) in [4.78, 5) is 9.62. The Kier molecular flexibility index (Phi) is 4.14. The van der Waals surface area contributed by atoms with Crippen LogP contribution in [-0.4, -0.2) is 47.1 Å². The molecule has 0 bridgehead atoms. The Hall–Kier alpha value is -1.20. The number of hydrogen-bond acceptors (Lipinski definition) is 4. The second-order valence-electron chi connectivity index (χ2n) is 4.66. The van der Waals surface area contributed by atoms with Gasteiger partial charge in [-0.25, -0.2) is 4.98 Å². The van der Waals surface area contributed by atoms with E-state index in [2.05, 4.69) is 28.6 Å². The molecule has 2 heterocycles. The van der Waals surface area contributed by atoms with Gasteiger partial charge in [0.15, 0.2) is 0 Å². The summed E-state index contributed by atoms with van der Waals surface area (Å²) < 4.78 is 0. The van der Waals surface area contributed by atoms with Gasteiger partial charge < -0.3 is 10.6 Å². The zero-order chi connectivity index (χ0) is 13.1. The molecular weight excluding hydrogens is 244 g/mol. The van der Waals surface area contributed by atoms with Crippen LogP contribution in [0.1, 0.15) is 19.4 Å². The molecule has 1 atom stereocenters. The van der Waals surface area contributed by atoms with E-state index in [0.717, 1.165) is 37.6 Å². The number of hydrogen-bond donors (Lipinski definition) is 1. The van der Waals surface area contributed by atoms with Crippen molar-refractivity contribution in [3.05, 3.63) is 23.9 Å². The summed E-state index contributed by atoms with van der Waals surface area (Å²) in [5, 5.41) is 0. The normalized spacial score (nSPS) is 21.0. The molecule has 18 heavy (non-hydrogen) atoms. The average molecular weight is 264 g/mol. The highest BCUT2D eigenvalue weighted by Gasteiger charge is 2.24. The predicted molar refractivity (Wildman–Crippen MR) is 79.0 cm³/mol. The van der Waals surface area contributed by atoms with Gasteiger partial charge in [0.2, 0.25) is 0 Å². The number of thiocarbonyl (C=S) groups is 1. The molecule has 0 amide bonds. The summed E-state index contributed by atoms with van der Waals surface area (Å²) in [6, 6.07) is 4.36. The number of aromatic nitrogens is 1. The van der Waals surface area contributed by atoms with Crippen molar-refractivity contribution < 1.29 is 0 Å². The average Bonchev–Trinajstić information content (AvgIpc) is 2.38. The van der Waals surface area contributed by atoms with E-state index < -0.39 is 0 Å². The molecule has 1 unspecified atom stereocenters. The van der Waals surface area contributed by atoms with Gasteiger partial charge in [-0.1, -0.05) is 19.1 Å². The van der Waals surface area contributed by atoms with Gasteiger partial charge in [0.1, 0.15) is 10.8 Å². The Morgan fingerprint density at radius 1 is 1.56 bits per heavy atom. The molecule has 1 fully saturated rings. The highest BCUT2D eigenvalue weighted by atomic mass is 32.1. The minimum Gasteiger partial charge on any atom is -0.389 e. The van der Waals surface area contributed by atoms with Crippen LogP contribution in [0.25, 0.3) is 0 Å². The van der Waals surface area contributed by atoms with Crippen molar-refractivity contribution in [2.45, 2.75) is 19.9 Å². The lowest BCUT2D eigenvalue weighted by Crippen LogP contribution is -2.52. The van der Waals surface area contributed by atoms with Crippen LogP contribution in [0.2, 0.25) is 0 Å². The number of anilines is 1. The zero-order valence-corrected chi connectivity index (χ0v) is 11.8. The molecule has 0 aromatic carbocycles. The lowest BCUT2D eigenvalue weighted by Gasteiger charge is -2.40. The monoisotopic (exact) mass is 264 g/mol. The van der Waals surface area contributed by atoms with Gasteiger partial charge in [0.25, 0.3) is 0 Å². The second-order valence-corrected chi connectivity index (χ2v) is 5.10. The molecule has 5 heteroatoms. The van der Waals surface area contributed by atoms with Gasteiger partial charge in [-0.05, 0) is 25.6 Å². The van der Waals surface area contributed by atoms with E-state index in [4.69, 9.17) is 18.0 Å². The van der Waals surface area contributed by atoms with E-state index in [-0.39, 0.29) is 0 Å². The van der Waals surface area contributed by atoms with Crippen molar-refractivity contribution in [3.8, 4) is 0 Å². The first kappa shape index (κ1) is 13.2. The van der Waals surface area contributed by atoms with Crippen LogP contribution >= 0.6 is 12.2 Å². The van der Waals surface area contributed by atoms with E-state index in [1.54, 1.807) is 6.20 Å². The highest BCUT2D eigenvalue weighted by molar-refractivity contribution is 7.80. The standard InChI is InChI=1S/C13H20N4S/c1-3-16-7-8-17(9-10(16)2)13-11(12(14)18)5-4-6-15-13/h4-6,10H,3,7-9H2,1-2H3,(H2,14,18). The first-order valence-electron chi connectivity index (χ1n) is 6.37. The van der Waals surface area contributed by atoms with Crippen molar-refractivity contribution in [2.75, 3.05) is 31.1 Å². The van der Waals surface area contributed by atoms with Crippen LogP contribution in [0.4, 0.5) is 5.82 Å². The van der Waals surface area contributed by atoms with E-state index in [0.29, 0.717) is 11.0 Å². The van der Waals surface area contributed by atoms with Gasteiger partial charge in [-0.3, -0.25) is 4.90 Å². The number of pyridine rings is 1. The molecule has 0 radical (unpaired) electrons. The SMILES string of the molecule is CCN1CCN(c2ncccc2C(N)=S)CC1C. The summed E-state index contributed by atoms with van der Waals surface area (Å²) in [7, 11) is 0. The third kappa shape index (κ3) is 2.62. The van der Waals surface area contributed by atoms with Crippen molar-refractivity contribution in [1.82, 2.24) is 9.88 Å². The van der Waals surface area contributed by atoms with Crippen LogP contribution < -0.4 is 10.6 Å². The first-order chi connectivity index (χ1) is 8.63. The molecule has 4 nitrogen and oxygen atoms in total. The third-order valence-corrected chi connectivity index (χ3v) is 3.74. The minimum atomic E-state index is 0.420. The van der Waals surface area contributed by atoms with Gasteiger partial charge >= 0.3 is 0 Å². The zero-order valence-electron chi connectivity index (χ0n) is 11.0. The van der Waals surface area contributed by atoms with E-state index >= 15 is 0 Å². The molecule has 0 saturated carbocycles. The molecule has 1 aromatic rings. The van der Waals surface area contributed by atoms with Crippen LogP contribution in [0, 0.1) is 0 Å². The third-order valence-electron chi connectivity index (χ3n) is 3.52. The molecule has 1 aliphatic heterocycles. The smallest absolute Gasteiger partial charge is 0.138 e. The van der Waals surface area contributed by atoms with Crippen LogP contribution in [0.3, 0.4) is 0 Å². The second kappa shape index (κ2) is 5.63. The predicted octanol–water partition coefficient (Wildman–Crippen LogP) is 1.25. The Bertz CT molecular complexity index is 435. The van der Waals surface area contributed by atoms with Crippen molar-refractivity contribution in [3.63, 3.8) is 0 Å². The Morgan fingerprint density at radius 2 is 2.33 bits per heavy atom. The van der Waals surface area contributed by atoms with Gasteiger partial charge in [-0.2, -0.15) is 0 Å². The summed E-state index contributed by atoms with van der Waals surface area (Å²) in [5.41, 5.74) is 6.64. The molecule has 1 saturated heterocycles. The number of piperazine rings is 1. The molecule has 2 rings (SSSR count). The van der Waals surface area contributed by atoms with Crippen molar-refractivity contribution in [1.29, 1.82) is 0 Å². The fraction of sp³-hybridized carbons (Fsp3) is 0.538. The molecule has 1 aromatic heterocycles. The van der Waals surface area contributed by atoms with Crippen LogP contribution in [0.5, 0.6) is 0 Å². The lowest BCUT2D eigenvalue weighted by atomic mass is 10.1. The largest absolute Gasteiger partial charge is 0.389 e. The fourth-order valence-corrected chi connectivity index (χ4v) is 2.66. The summed E-state index contributed by atoms with van der Waals surface area (Å²) >= 11 is 5.10. The van der Waals surface area contributed by atoms with E-state index in [1.807, 2.05) is 12.1 Å². The maximum absolute atomic E-state index is 5.76. The molecule has 0 spiro atoms. The van der Waals surface area contributed by atoms with Crippen LogP contribution in [0.15, 0.2) is 18.3 Å². The number of rotatable bonds is 3. The maximum atomic E-state index is 5.76. The summed E-state index contributed by atoms with van der Waals surface area (Å²) in [5.74, 6) is 0.924. The number of nitrogens with zero attached hydrogens (tertiary/aromatic N) is 3. The van der Waals surface area contributed by atoms with Gasteiger partial charge in [-0.15, -0.1) is 0 Å². The van der Waals surface area contributed by atoms with E-state index in [9.17, 15) is 0 Å². The molecule has 0 aliphatic carbocycles. The first-order valence-corrected chi connectivity index (χ1v) is 6.78. The molecular formula is C13H20N4S.